The van der Waals surface area contributed by atoms with Gasteiger partial charge in [-0.15, -0.1) is 0 Å². The molecule has 3 aromatic carbocycles. The molecule has 6 nitrogen and oxygen atoms in total. The molecule has 1 atom stereocenters. The standard InChI is InChI=1S/C31H31NO5/c1-3-36-31(35)24-10-7-15-32(18-24)19-25-26(33)16-20(2)28-29(34)27(37-30(25)28)17-21-11-13-23(14-12-21)22-8-5-4-6-9-22/h4-6,8-9,11-14,16-17,24,33H,3,7,10,15,18-19H2,1-2H3/b27-17-. The van der Waals surface area contributed by atoms with Crippen LogP contribution in [0.2, 0.25) is 0 Å². The third kappa shape index (κ3) is 5.16. The van der Waals surface area contributed by atoms with Crippen molar-refractivity contribution in [3.05, 3.63) is 88.7 Å². The second-order valence-corrected chi connectivity index (χ2v) is 9.65. The maximum atomic E-state index is 13.3. The molecule has 0 amide bonds. The van der Waals surface area contributed by atoms with Crippen LogP contribution in [0.1, 0.15) is 46.8 Å². The number of aromatic hydroxyl groups is 1. The molecule has 1 fully saturated rings. The highest BCUT2D eigenvalue weighted by molar-refractivity contribution is 6.15. The van der Waals surface area contributed by atoms with Crippen LogP contribution in [0.25, 0.3) is 17.2 Å². The van der Waals surface area contributed by atoms with E-state index in [4.69, 9.17) is 9.47 Å². The van der Waals surface area contributed by atoms with Crippen molar-refractivity contribution in [1.29, 1.82) is 0 Å². The van der Waals surface area contributed by atoms with E-state index < -0.39 is 0 Å². The first-order valence-electron chi connectivity index (χ1n) is 12.8. The molecule has 0 aromatic heterocycles. The van der Waals surface area contributed by atoms with Gasteiger partial charge in [-0.1, -0.05) is 54.6 Å². The fourth-order valence-corrected chi connectivity index (χ4v) is 5.16. The number of hydrogen-bond donors (Lipinski definition) is 1. The van der Waals surface area contributed by atoms with E-state index in [2.05, 4.69) is 17.0 Å². The zero-order valence-electron chi connectivity index (χ0n) is 21.2. The Morgan fingerprint density at radius 2 is 1.86 bits per heavy atom. The summed E-state index contributed by atoms with van der Waals surface area (Å²) in [6, 6.07) is 19.7. The van der Waals surface area contributed by atoms with Crippen molar-refractivity contribution >= 4 is 17.8 Å². The second-order valence-electron chi connectivity index (χ2n) is 9.65. The van der Waals surface area contributed by atoms with Crippen LogP contribution in [0.4, 0.5) is 0 Å². The van der Waals surface area contributed by atoms with Gasteiger partial charge in [-0.3, -0.25) is 14.5 Å². The second kappa shape index (κ2) is 10.6. The van der Waals surface area contributed by atoms with Crippen molar-refractivity contribution < 1.29 is 24.2 Å². The Balaban J connectivity index is 1.38. The molecule has 0 spiro atoms. The van der Waals surface area contributed by atoms with Crippen LogP contribution in [-0.2, 0) is 16.1 Å². The number of phenolic OH excluding ortho intramolecular Hbond substituents is 1. The largest absolute Gasteiger partial charge is 0.507 e. The number of aryl methyl sites for hydroxylation is 1. The molecule has 6 heteroatoms. The van der Waals surface area contributed by atoms with Crippen LogP contribution >= 0.6 is 0 Å². The molecule has 2 heterocycles. The van der Waals surface area contributed by atoms with E-state index >= 15 is 0 Å². The molecular weight excluding hydrogens is 466 g/mol. The first-order valence-corrected chi connectivity index (χ1v) is 12.8. The Kier molecular flexibility index (Phi) is 7.10. The van der Waals surface area contributed by atoms with Crippen LogP contribution in [0.3, 0.4) is 0 Å². The molecule has 0 aliphatic carbocycles. The van der Waals surface area contributed by atoms with Crippen molar-refractivity contribution in [2.75, 3.05) is 19.7 Å². The number of benzene rings is 3. The number of fused-ring (bicyclic) bond motifs is 1. The first kappa shape index (κ1) is 24.8. The quantitative estimate of drug-likeness (QED) is 0.345. The van der Waals surface area contributed by atoms with E-state index in [0.717, 1.165) is 36.1 Å². The monoisotopic (exact) mass is 497 g/mol. The topological polar surface area (TPSA) is 76.1 Å². The van der Waals surface area contributed by atoms with Crippen LogP contribution < -0.4 is 4.74 Å². The highest BCUT2D eigenvalue weighted by Crippen LogP contribution is 2.42. The summed E-state index contributed by atoms with van der Waals surface area (Å²) < 4.78 is 11.3. The number of rotatable bonds is 6. The van der Waals surface area contributed by atoms with Gasteiger partial charge in [0, 0.05) is 13.1 Å². The van der Waals surface area contributed by atoms with Crippen molar-refractivity contribution in [1.82, 2.24) is 4.90 Å². The minimum Gasteiger partial charge on any atom is -0.507 e. The Morgan fingerprint density at radius 3 is 2.59 bits per heavy atom. The molecule has 37 heavy (non-hydrogen) atoms. The average molecular weight is 498 g/mol. The maximum Gasteiger partial charge on any atom is 0.310 e. The number of carbonyl (C=O) groups is 2. The lowest BCUT2D eigenvalue weighted by Gasteiger charge is -2.31. The number of ketones is 1. The van der Waals surface area contributed by atoms with Crippen LogP contribution in [0, 0.1) is 12.8 Å². The van der Waals surface area contributed by atoms with E-state index in [9.17, 15) is 14.7 Å². The smallest absolute Gasteiger partial charge is 0.310 e. The molecule has 2 aliphatic rings. The van der Waals surface area contributed by atoms with Gasteiger partial charge in [-0.2, -0.15) is 0 Å². The Labute approximate surface area is 217 Å². The van der Waals surface area contributed by atoms with Gasteiger partial charge in [-0.25, -0.2) is 0 Å². The normalized spacial score (nSPS) is 18.5. The SMILES string of the molecule is CCOC(=O)C1CCCN(Cc2c(O)cc(C)c3c2O/C(=C\c2ccc(-c4ccccc4)cc2)C3=O)C1. The van der Waals surface area contributed by atoms with E-state index in [1.54, 1.807) is 19.1 Å². The Morgan fingerprint density at radius 1 is 1.14 bits per heavy atom. The van der Waals surface area contributed by atoms with Gasteiger partial charge in [-0.05, 0) is 67.6 Å². The summed E-state index contributed by atoms with van der Waals surface area (Å²) in [5.41, 5.74) is 4.80. The molecule has 0 radical (unpaired) electrons. The highest BCUT2D eigenvalue weighted by Gasteiger charge is 2.35. The molecular formula is C31H31NO5. The maximum absolute atomic E-state index is 13.3. The van der Waals surface area contributed by atoms with Crippen molar-refractivity contribution in [3.8, 4) is 22.6 Å². The number of hydrogen-bond acceptors (Lipinski definition) is 6. The summed E-state index contributed by atoms with van der Waals surface area (Å²) in [6.45, 7) is 5.70. The van der Waals surface area contributed by atoms with E-state index in [-0.39, 0.29) is 29.2 Å². The zero-order chi connectivity index (χ0) is 25.9. The molecule has 5 rings (SSSR count). The summed E-state index contributed by atoms with van der Waals surface area (Å²) in [4.78, 5) is 27.7. The highest BCUT2D eigenvalue weighted by atomic mass is 16.5. The average Bonchev–Trinajstić information content (AvgIpc) is 3.24. The van der Waals surface area contributed by atoms with Gasteiger partial charge in [0.05, 0.1) is 23.7 Å². The third-order valence-electron chi connectivity index (χ3n) is 7.04. The van der Waals surface area contributed by atoms with Crippen molar-refractivity contribution in [2.45, 2.75) is 33.2 Å². The van der Waals surface area contributed by atoms with E-state index in [0.29, 0.717) is 42.1 Å². The fraction of sp³-hybridized carbons (Fsp3) is 0.290. The number of likely N-dealkylation sites (tertiary alicyclic amines) is 1. The lowest BCUT2D eigenvalue weighted by Crippen LogP contribution is -2.39. The van der Waals surface area contributed by atoms with Crippen LogP contribution in [-0.4, -0.2) is 41.5 Å². The number of phenols is 1. The van der Waals surface area contributed by atoms with Gasteiger partial charge in [0.15, 0.2) is 5.76 Å². The minimum absolute atomic E-state index is 0.0933. The lowest BCUT2D eigenvalue weighted by atomic mass is 9.96. The van der Waals surface area contributed by atoms with Gasteiger partial charge < -0.3 is 14.6 Å². The number of Topliss-reactive ketones (excluding diaryl/α,β-unsaturated/α-hetero) is 1. The van der Waals surface area contributed by atoms with Gasteiger partial charge >= 0.3 is 5.97 Å². The number of allylic oxidation sites excluding steroid dienone is 1. The first-order chi connectivity index (χ1) is 17.9. The van der Waals surface area contributed by atoms with Gasteiger partial charge in [0.2, 0.25) is 5.78 Å². The van der Waals surface area contributed by atoms with E-state index in [1.165, 1.54) is 0 Å². The molecule has 0 saturated carbocycles. The number of carbonyl (C=O) groups excluding carboxylic acids is 2. The summed E-state index contributed by atoms with van der Waals surface area (Å²) in [5.74, 6) is 0.180. The lowest BCUT2D eigenvalue weighted by molar-refractivity contribution is -0.150. The number of ether oxygens (including phenoxy) is 2. The van der Waals surface area contributed by atoms with Gasteiger partial charge in [0.1, 0.15) is 11.5 Å². The Bertz CT molecular complexity index is 1340. The van der Waals surface area contributed by atoms with Crippen molar-refractivity contribution in [2.24, 2.45) is 5.92 Å². The molecule has 1 unspecified atom stereocenters. The number of nitrogens with zero attached hydrogens (tertiary/aromatic N) is 1. The number of piperidine rings is 1. The molecule has 2 aliphatic heterocycles. The third-order valence-corrected chi connectivity index (χ3v) is 7.04. The van der Waals surface area contributed by atoms with Crippen LogP contribution in [0.5, 0.6) is 11.5 Å². The minimum atomic E-state index is -0.191. The summed E-state index contributed by atoms with van der Waals surface area (Å²) in [6.07, 6.45) is 3.40. The summed E-state index contributed by atoms with van der Waals surface area (Å²) >= 11 is 0. The van der Waals surface area contributed by atoms with Crippen LogP contribution in [0.15, 0.2) is 66.4 Å². The zero-order valence-corrected chi connectivity index (χ0v) is 21.2. The number of esters is 1. The molecule has 1 N–H and O–H groups in total. The molecule has 3 aromatic rings. The van der Waals surface area contributed by atoms with Crippen molar-refractivity contribution in [3.63, 3.8) is 0 Å². The Hall–Kier alpha value is -3.90. The fourth-order valence-electron chi connectivity index (χ4n) is 5.16. The van der Waals surface area contributed by atoms with Gasteiger partial charge in [0.25, 0.3) is 0 Å². The summed E-state index contributed by atoms with van der Waals surface area (Å²) in [5, 5.41) is 10.8. The predicted molar refractivity (Wildman–Crippen MR) is 142 cm³/mol. The summed E-state index contributed by atoms with van der Waals surface area (Å²) in [7, 11) is 0. The predicted octanol–water partition coefficient (Wildman–Crippen LogP) is 5.76. The van der Waals surface area contributed by atoms with E-state index in [1.807, 2.05) is 49.4 Å². The molecule has 0 bridgehead atoms. The molecule has 1 saturated heterocycles. The molecule has 190 valence electrons.